The van der Waals surface area contributed by atoms with Gasteiger partial charge in [0.2, 0.25) is 0 Å². The Labute approximate surface area is 172 Å². The highest BCUT2D eigenvalue weighted by atomic mass is 31.2. The van der Waals surface area contributed by atoms with Crippen molar-refractivity contribution in [3.05, 3.63) is 91.0 Å². The van der Waals surface area contributed by atoms with E-state index >= 15 is 0 Å². The monoisotopic (exact) mass is 409 g/mol. The van der Waals surface area contributed by atoms with E-state index in [1.165, 1.54) is 34.9 Å². The molecule has 4 nitrogen and oxygen atoms in total. The molecule has 29 heavy (non-hydrogen) atoms. The summed E-state index contributed by atoms with van der Waals surface area (Å²) in [5.74, 6) is -3.65. The Bertz CT molecular complexity index is 787. The highest BCUT2D eigenvalue weighted by Gasteiger charge is 2.44. The van der Waals surface area contributed by atoms with Crippen molar-refractivity contribution >= 4 is 35.1 Å². The van der Waals surface area contributed by atoms with Crippen LogP contribution >= 0.6 is 7.26 Å². The largest absolute Gasteiger partial charge is 0.473 e. The van der Waals surface area contributed by atoms with Gasteiger partial charge in [-0.25, -0.2) is 9.59 Å². The summed E-state index contributed by atoms with van der Waals surface area (Å²) in [7, 11) is -1.57. The lowest BCUT2D eigenvalue weighted by molar-refractivity contribution is -0.159. The van der Waals surface area contributed by atoms with E-state index in [1.54, 1.807) is 0 Å². The first-order chi connectivity index (χ1) is 14.0. The number of carboxylic acid groups (broad SMARTS) is 2. The third-order valence-electron chi connectivity index (χ3n) is 4.62. The van der Waals surface area contributed by atoms with Crippen LogP contribution < -0.4 is 15.9 Å². The summed E-state index contributed by atoms with van der Waals surface area (Å²) in [4.78, 5) is 18.2. The molecule has 0 saturated heterocycles. The lowest BCUT2D eigenvalue weighted by atomic mass is 10.3. The van der Waals surface area contributed by atoms with Crippen LogP contribution in [-0.4, -0.2) is 28.3 Å². The van der Waals surface area contributed by atoms with E-state index in [2.05, 4.69) is 97.9 Å². The van der Waals surface area contributed by atoms with E-state index in [4.69, 9.17) is 19.8 Å². The average molecular weight is 409 g/mol. The van der Waals surface area contributed by atoms with Crippen LogP contribution in [0, 0.1) is 0 Å². The Kier molecular flexibility index (Phi) is 8.57. The molecule has 2 N–H and O–H groups in total. The molecular formula is C24H26O4P+. The van der Waals surface area contributed by atoms with Gasteiger partial charge in [-0.2, -0.15) is 0 Å². The highest BCUT2D eigenvalue weighted by Crippen LogP contribution is 2.55. The molecule has 0 heterocycles. The summed E-state index contributed by atoms with van der Waals surface area (Å²) in [6.45, 7) is 2.29. The van der Waals surface area contributed by atoms with Gasteiger partial charge in [0, 0.05) is 0 Å². The molecule has 3 rings (SSSR count). The molecular weight excluding hydrogens is 383 g/mol. The molecule has 0 fully saturated rings. The fraction of sp³-hybridized carbons (Fsp3) is 0.167. The first kappa shape index (κ1) is 22.3. The minimum Gasteiger partial charge on any atom is -0.473 e. The third kappa shape index (κ3) is 5.75. The van der Waals surface area contributed by atoms with Crippen LogP contribution in [-0.2, 0) is 9.59 Å². The molecule has 3 aromatic carbocycles. The average Bonchev–Trinajstić information content (AvgIpc) is 2.77. The smallest absolute Gasteiger partial charge is 0.414 e. The summed E-state index contributed by atoms with van der Waals surface area (Å²) >= 11 is 0. The van der Waals surface area contributed by atoms with Crippen molar-refractivity contribution in [1.82, 2.24) is 0 Å². The van der Waals surface area contributed by atoms with E-state index in [0.29, 0.717) is 0 Å². The number of hydrogen-bond acceptors (Lipinski definition) is 2. The summed E-state index contributed by atoms with van der Waals surface area (Å²) in [5.41, 5.74) is 0. The van der Waals surface area contributed by atoms with Crippen LogP contribution in [0.25, 0.3) is 0 Å². The Balaban J connectivity index is 0.000000438. The fourth-order valence-electron chi connectivity index (χ4n) is 3.28. The van der Waals surface area contributed by atoms with E-state index in [-0.39, 0.29) is 0 Å². The van der Waals surface area contributed by atoms with Gasteiger partial charge in [0.15, 0.2) is 0 Å². The zero-order valence-corrected chi connectivity index (χ0v) is 17.3. The fourth-order valence-corrected chi connectivity index (χ4v) is 7.78. The maximum atomic E-state index is 9.10. The second-order valence-electron chi connectivity index (χ2n) is 6.50. The Morgan fingerprint density at radius 2 is 0.966 bits per heavy atom. The van der Waals surface area contributed by atoms with Gasteiger partial charge >= 0.3 is 11.9 Å². The van der Waals surface area contributed by atoms with Gasteiger partial charge in [-0.1, -0.05) is 67.9 Å². The molecule has 5 heteroatoms. The lowest BCUT2D eigenvalue weighted by Crippen LogP contribution is -2.33. The predicted octanol–water partition coefficient (Wildman–Crippen LogP) is 3.94. The maximum absolute atomic E-state index is 9.10. The van der Waals surface area contributed by atoms with Gasteiger partial charge in [-0.05, 0) is 42.8 Å². The Morgan fingerprint density at radius 3 is 1.21 bits per heavy atom. The molecule has 0 aromatic heterocycles. The third-order valence-corrected chi connectivity index (χ3v) is 9.15. The minimum atomic E-state index is -1.82. The molecule has 0 bridgehead atoms. The van der Waals surface area contributed by atoms with Crippen molar-refractivity contribution in [3.63, 3.8) is 0 Å². The number of carboxylic acids is 2. The molecule has 0 aliphatic heterocycles. The maximum Gasteiger partial charge on any atom is 0.414 e. The molecule has 3 aromatic rings. The molecule has 0 atom stereocenters. The highest BCUT2D eigenvalue weighted by molar-refractivity contribution is 7.95. The van der Waals surface area contributed by atoms with E-state index in [0.717, 1.165) is 0 Å². The predicted molar refractivity (Wildman–Crippen MR) is 120 cm³/mol. The van der Waals surface area contributed by atoms with Gasteiger partial charge in [0.1, 0.15) is 23.2 Å². The number of aliphatic carboxylic acids is 2. The molecule has 0 amide bonds. The van der Waals surface area contributed by atoms with Gasteiger partial charge in [-0.3, -0.25) is 0 Å². The van der Waals surface area contributed by atoms with Crippen molar-refractivity contribution in [3.8, 4) is 0 Å². The van der Waals surface area contributed by atoms with Gasteiger partial charge in [0.05, 0.1) is 6.16 Å². The second kappa shape index (κ2) is 11.1. The second-order valence-corrected chi connectivity index (χ2v) is 10.1. The van der Waals surface area contributed by atoms with E-state index in [9.17, 15) is 0 Å². The number of unbranched alkanes of at least 4 members (excludes halogenated alkanes) is 1. The molecule has 0 unspecified atom stereocenters. The lowest BCUT2D eigenvalue weighted by Gasteiger charge is -2.27. The van der Waals surface area contributed by atoms with Crippen LogP contribution in [0.2, 0.25) is 0 Å². The summed E-state index contributed by atoms with van der Waals surface area (Å²) < 4.78 is 0. The molecule has 0 spiro atoms. The van der Waals surface area contributed by atoms with Crippen molar-refractivity contribution in [1.29, 1.82) is 0 Å². The molecule has 0 saturated carbocycles. The molecule has 150 valence electrons. The number of hydrogen-bond donors (Lipinski definition) is 2. The van der Waals surface area contributed by atoms with Crippen molar-refractivity contribution in [2.24, 2.45) is 0 Å². The molecule has 0 aliphatic carbocycles. The van der Waals surface area contributed by atoms with Gasteiger partial charge in [0.25, 0.3) is 0 Å². The van der Waals surface area contributed by atoms with E-state index < -0.39 is 19.2 Å². The van der Waals surface area contributed by atoms with Crippen LogP contribution in [0.3, 0.4) is 0 Å². The molecule has 0 radical (unpaired) electrons. The summed E-state index contributed by atoms with van der Waals surface area (Å²) in [6.07, 6.45) is 3.72. The number of carbonyl (C=O) groups is 2. The van der Waals surface area contributed by atoms with Crippen LogP contribution in [0.15, 0.2) is 91.0 Å². The van der Waals surface area contributed by atoms with E-state index in [1.807, 2.05) is 0 Å². The molecule has 0 aliphatic rings. The number of rotatable bonds is 6. The Hall–Kier alpha value is -2.97. The van der Waals surface area contributed by atoms with Crippen molar-refractivity contribution in [2.75, 3.05) is 6.16 Å². The summed E-state index contributed by atoms with van der Waals surface area (Å²) in [5, 5.41) is 19.3. The zero-order chi connectivity index (χ0) is 21.1. The van der Waals surface area contributed by atoms with Gasteiger partial charge in [-0.15, -0.1) is 0 Å². The van der Waals surface area contributed by atoms with Crippen molar-refractivity contribution in [2.45, 2.75) is 19.8 Å². The summed E-state index contributed by atoms with van der Waals surface area (Å²) in [6, 6.07) is 33.4. The minimum absolute atomic E-state index is 1.23. The number of benzene rings is 3. The first-order valence-corrected chi connectivity index (χ1v) is 11.5. The standard InChI is InChI=1S/C22H24P.C2H2O4/c1-2-3-19-23(20-13-7-4-8-14-20,21-15-9-5-10-16-21)22-17-11-6-12-18-22;3-1(4)2(5)6/h4-18H,2-3,19H2,1H3;(H,3,4)(H,5,6)/q+1;. The van der Waals surface area contributed by atoms with Gasteiger partial charge < -0.3 is 10.2 Å². The van der Waals surface area contributed by atoms with Crippen molar-refractivity contribution < 1.29 is 19.8 Å². The first-order valence-electron chi connectivity index (χ1n) is 9.53. The topological polar surface area (TPSA) is 74.6 Å². The van der Waals surface area contributed by atoms with Crippen LogP contribution in [0.5, 0.6) is 0 Å². The zero-order valence-electron chi connectivity index (χ0n) is 16.4. The SMILES string of the molecule is CCCC[P+](c1ccccc1)(c1ccccc1)c1ccccc1.O=C(O)C(=O)O. The normalized spacial score (nSPS) is 10.5. The van der Waals surface area contributed by atoms with Crippen LogP contribution in [0.1, 0.15) is 19.8 Å². The Morgan fingerprint density at radius 1 is 0.655 bits per heavy atom. The quantitative estimate of drug-likeness (QED) is 0.478. The van der Waals surface area contributed by atoms with Crippen LogP contribution in [0.4, 0.5) is 0 Å².